The molecule has 1 unspecified atom stereocenters. The van der Waals surface area contributed by atoms with E-state index < -0.39 is 12.1 Å². The van der Waals surface area contributed by atoms with E-state index in [4.69, 9.17) is 5.11 Å². The molecule has 0 aliphatic heterocycles. The molecule has 3 rings (SSSR count). The topological polar surface area (TPSA) is 107 Å². The number of rotatable bonds is 9. The Bertz CT molecular complexity index is 1120. The van der Waals surface area contributed by atoms with Crippen LogP contribution in [0.3, 0.4) is 0 Å². The molecule has 1 atom stereocenters. The third kappa shape index (κ3) is 5.15. The largest absolute Gasteiger partial charge is 0.507 e. The van der Waals surface area contributed by atoms with Gasteiger partial charge < -0.3 is 20.6 Å². The van der Waals surface area contributed by atoms with Crippen molar-refractivity contribution < 1.29 is 24.9 Å². The van der Waals surface area contributed by atoms with E-state index in [0.717, 1.165) is 23.2 Å². The summed E-state index contributed by atoms with van der Waals surface area (Å²) in [5.41, 5.74) is 4.10. The van der Waals surface area contributed by atoms with Crippen molar-refractivity contribution in [3.8, 4) is 5.75 Å². The number of ketones is 1. The molecule has 0 radical (unpaired) electrons. The zero-order valence-corrected chi connectivity index (χ0v) is 18.1. The van der Waals surface area contributed by atoms with Gasteiger partial charge in [0.05, 0.1) is 11.1 Å². The summed E-state index contributed by atoms with van der Waals surface area (Å²) in [5.74, 6) is -1.17. The van der Waals surface area contributed by atoms with Gasteiger partial charge in [-0.1, -0.05) is 49.7 Å². The van der Waals surface area contributed by atoms with Crippen LogP contribution in [0.4, 0.5) is 5.69 Å². The van der Waals surface area contributed by atoms with Gasteiger partial charge in [-0.2, -0.15) is 0 Å². The molecule has 166 valence electrons. The summed E-state index contributed by atoms with van der Waals surface area (Å²) < 4.78 is 0. The lowest BCUT2D eigenvalue weighted by atomic mass is 9.98. The van der Waals surface area contributed by atoms with Crippen LogP contribution < -0.4 is 5.32 Å². The fraction of sp³-hybridized carbons (Fsp3) is 0.231. The van der Waals surface area contributed by atoms with E-state index in [0.29, 0.717) is 29.7 Å². The Kier molecular flexibility index (Phi) is 7.28. The summed E-state index contributed by atoms with van der Waals surface area (Å²) in [7, 11) is 0. The number of carboxylic acid groups (broad SMARTS) is 1. The van der Waals surface area contributed by atoms with E-state index in [1.807, 2.05) is 25.1 Å². The highest BCUT2D eigenvalue weighted by atomic mass is 16.4. The first-order valence-electron chi connectivity index (χ1n) is 10.5. The first-order valence-corrected chi connectivity index (χ1v) is 10.5. The highest BCUT2D eigenvalue weighted by Crippen LogP contribution is 2.32. The molecule has 3 aromatic rings. The first kappa shape index (κ1) is 23.0. The minimum Gasteiger partial charge on any atom is -0.507 e. The quantitative estimate of drug-likeness (QED) is 0.356. The van der Waals surface area contributed by atoms with Crippen molar-refractivity contribution in [3.63, 3.8) is 0 Å². The smallest absolute Gasteiger partial charge is 0.335 e. The zero-order valence-electron chi connectivity index (χ0n) is 18.1. The summed E-state index contributed by atoms with van der Waals surface area (Å²) in [5, 5.41) is 33.6. The van der Waals surface area contributed by atoms with E-state index in [1.165, 1.54) is 19.1 Å². The van der Waals surface area contributed by atoms with Gasteiger partial charge in [0.1, 0.15) is 11.9 Å². The Balaban J connectivity index is 1.74. The van der Waals surface area contributed by atoms with Gasteiger partial charge in [0.2, 0.25) is 0 Å². The van der Waals surface area contributed by atoms with Crippen LogP contribution in [0.2, 0.25) is 0 Å². The monoisotopic (exact) mass is 433 g/mol. The van der Waals surface area contributed by atoms with Crippen molar-refractivity contribution in [2.45, 2.75) is 39.3 Å². The van der Waals surface area contributed by atoms with Gasteiger partial charge >= 0.3 is 5.97 Å². The third-order valence-electron chi connectivity index (χ3n) is 5.39. The lowest BCUT2D eigenvalue weighted by Gasteiger charge is -2.16. The molecule has 0 aromatic heterocycles. The van der Waals surface area contributed by atoms with Crippen molar-refractivity contribution in [2.24, 2.45) is 0 Å². The molecule has 0 fully saturated rings. The predicted octanol–water partition coefficient (Wildman–Crippen LogP) is 4.94. The summed E-state index contributed by atoms with van der Waals surface area (Å²) in [4.78, 5) is 22.9. The summed E-state index contributed by atoms with van der Waals surface area (Å²) in [6.45, 7) is 3.95. The first-order chi connectivity index (χ1) is 15.3. The average molecular weight is 434 g/mol. The van der Waals surface area contributed by atoms with Crippen LogP contribution in [-0.4, -0.2) is 27.1 Å². The fourth-order valence-corrected chi connectivity index (χ4v) is 3.64. The van der Waals surface area contributed by atoms with Crippen molar-refractivity contribution in [3.05, 3.63) is 94.0 Å². The van der Waals surface area contributed by atoms with E-state index in [9.17, 15) is 19.8 Å². The van der Waals surface area contributed by atoms with Crippen molar-refractivity contribution in [1.82, 2.24) is 0 Å². The zero-order chi connectivity index (χ0) is 23.3. The Morgan fingerprint density at radius 2 is 1.72 bits per heavy atom. The van der Waals surface area contributed by atoms with Crippen LogP contribution in [0, 0.1) is 0 Å². The number of phenols is 1. The molecule has 0 bridgehead atoms. The van der Waals surface area contributed by atoms with Gasteiger partial charge in [-0.05, 0) is 54.3 Å². The van der Waals surface area contributed by atoms with Crippen LogP contribution in [0.1, 0.15) is 69.3 Å². The Hall–Kier alpha value is -3.64. The summed E-state index contributed by atoms with van der Waals surface area (Å²) in [6, 6.07) is 17.1. The van der Waals surface area contributed by atoms with E-state index >= 15 is 0 Å². The Morgan fingerprint density at radius 3 is 2.34 bits per heavy atom. The van der Waals surface area contributed by atoms with Gasteiger partial charge in [0.25, 0.3) is 0 Å². The van der Waals surface area contributed by atoms with Crippen molar-refractivity contribution in [2.75, 3.05) is 5.32 Å². The number of carbonyl (C=O) groups excluding carboxylic acids is 1. The van der Waals surface area contributed by atoms with Crippen LogP contribution >= 0.6 is 0 Å². The second-order valence-electron chi connectivity index (χ2n) is 7.72. The minimum atomic E-state index is -1.04. The van der Waals surface area contributed by atoms with Gasteiger partial charge in [0, 0.05) is 17.8 Å². The van der Waals surface area contributed by atoms with Gasteiger partial charge in [-0.15, -0.1) is 0 Å². The summed E-state index contributed by atoms with van der Waals surface area (Å²) in [6.07, 6.45) is 0.554. The highest BCUT2D eigenvalue weighted by molar-refractivity contribution is 5.98. The van der Waals surface area contributed by atoms with Gasteiger partial charge in [0.15, 0.2) is 5.78 Å². The van der Waals surface area contributed by atoms with Crippen LogP contribution in [0.5, 0.6) is 5.75 Å². The number of aliphatic hydroxyl groups excluding tert-OH is 1. The molecule has 0 saturated heterocycles. The molecule has 0 heterocycles. The molecule has 0 spiro atoms. The molecular formula is C26H27NO5. The molecule has 6 nitrogen and oxygen atoms in total. The molecule has 4 N–H and O–H groups in total. The van der Waals surface area contributed by atoms with E-state index in [2.05, 4.69) is 5.32 Å². The number of aromatic carboxylic acids is 1. The normalized spacial score (nSPS) is 11.7. The number of hydrogen-bond donors (Lipinski definition) is 4. The second kappa shape index (κ2) is 10.1. The number of Topliss-reactive ketones (excluding diaryl/α,β-unsaturated/α-hetero) is 1. The maximum absolute atomic E-state index is 11.7. The molecule has 0 amide bonds. The van der Waals surface area contributed by atoms with Crippen LogP contribution in [0.25, 0.3) is 0 Å². The number of nitrogens with one attached hydrogen (secondary N) is 1. The Morgan fingerprint density at radius 1 is 1.00 bits per heavy atom. The Labute approximate surface area is 187 Å². The lowest BCUT2D eigenvalue weighted by molar-refractivity contribution is 0.0696. The number of anilines is 1. The molecule has 0 aliphatic rings. The number of hydrogen-bond acceptors (Lipinski definition) is 5. The minimum absolute atomic E-state index is 0.0337. The molecule has 32 heavy (non-hydrogen) atoms. The maximum Gasteiger partial charge on any atom is 0.335 e. The van der Waals surface area contributed by atoms with E-state index in [1.54, 1.807) is 30.3 Å². The van der Waals surface area contributed by atoms with Crippen molar-refractivity contribution >= 4 is 17.4 Å². The van der Waals surface area contributed by atoms with Crippen molar-refractivity contribution in [1.29, 1.82) is 0 Å². The predicted molar refractivity (Wildman–Crippen MR) is 123 cm³/mol. The second-order valence-corrected chi connectivity index (χ2v) is 7.72. The fourth-order valence-electron chi connectivity index (χ4n) is 3.64. The maximum atomic E-state index is 11.7. The highest BCUT2D eigenvalue weighted by Gasteiger charge is 2.15. The number of aliphatic hydroxyl groups is 1. The molecular weight excluding hydrogens is 406 g/mol. The third-order valence-corrected chi connectivity index (χ3v) is 5.39. The van der Waals surface area contributed by atoms with Gasteiger partial charge in [-0.3, -0.25) is 4.79 Å². The number of benzene rings is 3. The molecule has 3 aromatic carbocycles. The van der Waals surface area contributed by atoms with Crippen LogP contribution in [-0.2, 0) is 13.0 Å². The number of carbonyl (C=O) groups is 2. The van der Waals surface area contributed by atoms with E-state index in [-0.39, 0.29) is 17.1 Å². The molecule has 0 saturated carbocycles. The average Bonchev–Trinajstić information content (AvgIpc) is 2.79. The summed E-state index contributed by atoms with van der Waals surface area (Å²) >= 11 is 0. The molecule has 0 aliphatic carbocycles. The lowest BCUT2D eigenvalue weighted by Crippen LogP contribution is -2.06. The molecule has 6 heteroatoms. The standard InChI is InChI=1S/C26H27NO5/c1-3-5-22-23(13-12-21(16(2)28)25(22)30)27-15-17-8-10-18(11-9-17)24(29)19-6-4-7-20(14-19)26(31)32/h4,6-14,24,27,29-30H,3,5,15H2,1-2H3,(H,31,32). The van der Waals surface area contributed by atoms with Crippen LogP contribution in [0.15, 0.2) is 60.7 Å². The number of aromatic hydroxyl groups is 1. The number of phenolic OH excluding ortho intramolecular Hbond substituents is 1. The number of carboxylic acids is 1. The van der Waals surface area contributed by atoms with Gasteiger partial charge in [-0.25, -0.2) is 4.79 Å². The SMILES string of the molecule is CCCc1c(NCc2ccc(C(O)c3cccc(C(=O)O)c3)cc2)ccc(C(C)=O)c1O.